The van der Waals surface area contributed by atoms with E-state index in [2.05, 4.69) is 0 Å². The van der Waals surface area contributed by atoms with Crippen LogP contribution in [0.1, 0.15) is 38.2 Å². The maximum atomic E-state index is 12.1. The smallest absolute Gasteiger partial charge is 0.308 e. The van der Waals surface area contributed by atoms with Crippen LogP contribution in [0.2, 0.25) is 0 Å². The summed E-state index contributed by atoms with van der Waals surface area (Å²) in [4.78, 5) is 12.1. The zero-order chi connectivity index (χ0) is 16.7. The van der Waals surface area contributed by atoms with Gasteiger partial charge in [0.25, 0.3) is 0 Å². The molecule has 0 unspecified atom stereocenters. The van der Waals surface area contributed by atoms with Crippen molar-refractivity contribution in [2.24, 2.45) is 0 Å². The summed E-state index contributed by atoms with van der Waals surface area (Å²) in [6, 6.07) is 9.77. The molecule has 5 heteroatoms. The number of esters is 1. The molecule has 1 aliphatic heterocycles. The maximum absolute atomic E-state index is 12.1. The number of carbonyl (C=O) groups excluding carboxylic acids is 1. The molecule has 5 nitrogen and oxygen atoms in total. The van der Waals surface area contributed by atoms with Crippen LogP contribution in [0.4, 0.5) is 0 Å². The Kier molecular flexibility index (Phi) is 7.02. The Morgan fingerprint density at radius 3 is 2.65 bits per heavy atom. The molecule has 1 saturated heterocycles. The van der Waals surface area contributed by atoms with Gasteiger partial charge in [-0.1, -0.05) is 30.3 Å². The minimum absolute atomic E-state index is 0.127. The summed E-state index contributed by atoms with van der Waals surface area (Å²) in [6.45, 7) is 2.24. The van der Waals surface area contributed by atoms with Crippen LogP contribution in [0.5, 0.6) is 0 Å². The van der Waals surface area contributed by atoms with E-state index in [0.717, 1.165) is 5.56 Å². The molecule has 0 saturated carbocycles. The van der Waals surface area contributed by atoms with Crippen molar-refractivity contribution in [1.29, 1.82) is 0 Å². The number of carbonyl (C=O) groups is 1. The molecule has 1 aliphatic rings. The highest BCUT2D eigenvalue weighted by Gasteiger charge is 2.30. The van der Waals surface area contributed by atoms with Crippen LogP contribution in [-0.4, -0.2) is 42.6 Å². The lowest BCUT2D eigenvalue weighted by Gasteiger charge is -2.29. The predicted molar refractivity (Wildman–Crippen MR) is 85.8 cm³/mol. The van der Waals surface area contributed by atoms with Gasteiger partial charge in [0.2, 0.25) is 0 Å². The first-order valence-corrected chi connectivity index (χ1v) is 8.14. The minimum atomic E-state index is -0.484. The number of benzene rings is 1. The second-order valence-electron chi connectivity index (χ2n) is 6.08. The van der Waals surface area contributed by atoms with Gasteiger partial charge in [0.15, 0.2) is 0 Å². The van der Waals surface area contributed by atoms with E-state index in [1.807, 2.05) is 37.3 Å². The van der Waals surface area contributed by atoms with Crippen molar-refractivity contribution in [1.82, 2.24) is 0 Å². The topological polar surface area (TPSA) is 65.0 Å². The van der Waals surface area contributed by atoms with Crippen LogP contribution in [0.15, 0.2) is 30.3 Å². The lowest BCUT2D eigenvalue weighted by molar-refractivity contribution is -0.158. The van der Waals surface area contributed by atoms with E-state index >= 15 is 0 Å². The molecule has 0 radical (unpaired) electrons. The number of hydrogen-bond donors (Lipinski definition) is 1. The first-order valence-electron chi connectivity index (χ1n) is 8.14. The standard InChI is InChI=1S/C18H26O5/c1-13-8-9-15(19)10-16(21-2)17(11-18(20)23-13)22-12-14-6-4-3-5-7-14/h3-7,13,15-17,19H,8-12H2,1-2H3/t13-,15+,16+,17+/m1/s1. The van der Waals surface area contributed by atoms with Crippen molar-refractivity contribution in [3.63, 3.8) is 0 Å². The normalized spacial score (nSPS) is 29.8. The van der Waals surface area contributed by atoms with Crippen molar-refractivity contribution in [3.8, 4) is 0 Å². The van der Waals surface area contributed by atoms with Crippen molar-refractivity contribution in [2.75, 3.05) is 7.11 Å². The molecule has 1 aromatic rings. The fourth-order valence-electron chi connectivity index (χ4n) is 2.78. The number of rotatable bonds is 4. The highest BCUT2D eigenvalue weighted by Crippen LogP contribution is 2.21. The molecule has 0 aromatic heterocycles. The average Bonchev–Trinajstić information content (AvgIpc) is 2.55. The van der Waals surface area contributed by atoms with E-state index in [-0.39, 0.29) is 24.6 Å². The third-order valence-electron chi connectivity index (χ3n) is 4.14. The molecule has 0 aliphatic carbocycles. The molecule has 0 spiro atoms. The number of cyclic esters (lactones) is 1. The number of hydrogen-bond acceptors (Lipinski definition) is 5. The van der Waals surface area contributed by atoms with Gasteiger partial charge in [0, 0.05) is 13.5 Å². The number of ether oxygens (including phenoxy) is 3. The van der Waals surface area contributed by atoms with Gasteiger partial charge in [-0.15, -0.1) is 0 Å². The molecule has 2 rings (SSSR count). The Labute approximate surface area is 137 Å². The molecule has 1 heterocycles. The Hall–Kier alpha value is -1.43. The lowest BCUT2D eigenvalue weighted by Crippen LogP contribution is -2.38. The van der Waals surface area contributed by atoms with E-state index in [0.29, 0.717) is 25.9 Å². The summed E-state index contributed by atoms with van der Waals surface area (Å²) in [5, 5.41) is 10.1. The summed E-state index contributed by atoms with van der Waals surface area (Å²) >= 11 is 0. The first-order chi connectivity index (χ1) is 11.1. The Bertz CT molecular complexity index is 476. The third-order valence-corrected chi connectivity index (χ3v) is 4.14. The number of aliphatic hydroxyl groups is 1. The molecular weight excluding hydrogens is 296 g/mol. The van der Waals surface area contributed by atoms with Gasteiger partial charge in [0.05, 0.1) is 37.4 Å². The van der Waals surface area contributed by atoms with E-state index in [9.17, 15) is 9.90 Å². The zero-order valence-electron chi connectivity index (χ0n) is 13.8. The summed E-state index contributed by atoms with van der Waals surface area (Å²) < 4.78 is 16.8. The Morgan fingerprint density at radius 2 is 1.96 bits per heavy atom. The SMILES string of the molecule is CO[C@H]1C[C@@H](O)CC[C@@H](C)OC(=O)C[C@@H]1OCc1ccccc1. The van der Waals surface area contributed by atoms with Gasteiger partial charge in [0.1, 0.15) is 0 Å². The Balaban J connectivity index is 2.04. The molecule has 1 N–H and O–H groups in total. The first kappa shape index (κ1) is 17.9. The van der Waals surface area contributed by atoms with Crippen LogP contribution < -0.4 is 0 Å². The van der Waals surface area contributed by atoms with Crippen LogP contribution in [0.25, 0.3) is 0 Å². The molecule has 1 fully saturated rings. The summed E-state index contributed by atoms with van der Waals surface area (Å²) in [5.41, 5.74) is 1.03. The molecule has 0 bridgehead atoms. The van der Waals surface area contributed by atoms with Crippen molar-refractivity contribution >= 4 is 5.97 Å². The van der Waals surface area contributed by atoms with Crippen molar-refractivity contribution in [2.45, 2.75) is 63.6 Å². The fourth-order valence-corrected chi connectivity index (χ4v) is 2.78. The molecular formula is C18H26O5. The maximum Gasteiger partial charge on any atom is 0.308 e. The molecule has 4 atom stereocenters. The van der Waals surface area contributed by atoms with Gasteiger partial charge in [-0.3, -0.25) is 4.79 Å². The highest BCUT2D eigenvalue weighted by molar-refractivity contribution is 5.70. The van der Waals surface area contributed by atoms with Gasteiger partial charge < -0.3 is 19.3 Å². The van der Waals surface area contributed by atoms with Crippen LogP contribution >= 0.6 is 0 Å². The summed E-state index contributed by atoms with van der Waals surface area (Å²) in [6.07, 6.45) is 0.368. The predicted octanol–water partition coefficient (Wildman–Crippen LogP) is 2.45. The van der Waals surface area contributed by atoms with E-state index in [4.69, 9.17) is 14.2 Å². The monoisotopic (exact) mass is 322 g/mol. The van der Waals surface area contributed by atoms with Gasteiger partial charge in [-0.05, 0) is 25.3 Å². The second kappa shape index (κ2) is 9.01. The average molecular weight is 322 g/mol. The zero-order valence-corrected chi connectivity index (χ0v) is 13.8. The van der Waals surface area contributed by atoms with Crippen LogP contribution in [0, 0.1) is 0 Å². The summed E-state index contributed by atoms with van der Waals surface area (Å²) in [7, 11) is 1.58. The quantitative estimate of drug-likeness (QED) is 0.863. The van der Waals surface area contributed by atoms with Gasteiger partial charge >= 0.3 is 5.97 Å². The lowest BCUT2D eigenvalue weighted by atomic mass is 9.99. The van der Waals surface area contributed by atoms with Crippen molar-refractivity contribution < 1.29 is 24.1 Å². The van der Waals surface area contributed by atoms with E-state index < -0.39 is 12.2 Å². The second-order valence-corrected chi connectivity index (χ2v) is 6.08. The van der Waals surface area contributed by atoms with Gasteiger partial charge in [-0.2, -0.15) is 0 Å². The van der Waals surface area contributed by atoms with E-state index in [1.54, 1.807) is 7.11 Å². The van der Waals surface area contributed by atoms with E-state index in [1.165, 1.54) is 0 Å². The van der Waals surface area contributed by atoms with Crippen molar-refractivity contribution in [3.05, 3.63) is 35.9 Å². The fraction of sp³-hybridized carbons (Fsp3) is 0.611. The third kappa shape index (κ3) is 5.94. The van der Waals surface area contributed by atoms with Crippen LogP contribution in [-0.2, 0) is 25.6 Å². The number of methoxy groups -OCH3 is 1. The minimum Gasteiger partial charge on any atom is -0.463 e. The van der Waals surface area contributed by atoms with Gasteiger partial charge in [-0.25, -0.2) is 0 Å². The summed E-state index contributed by atoms with van der Waals surface area (Å²) in [5.74, 6) is -0.283. The Morgan fingerprint density at radius 1 is 1.22 bits per heavy atom. The molecule has 128 valence electrons. The molecule has 0 amide bonds. The van der Waals surface area contributed by atoms with Crippen LogP contribution in [0.3, 0.4) is 0 Å². The molecule has 1 aromatic carbocycles. The largest absolute Gasteiger partial charge is 0.463 e. The number of aliphatic hydroxyl groups excluding tert-OH is 1. The highest BCUT2D eigenvalue weighted by atomic mass is 16.6. The molecule has 23 heavy (non-hydrogen) atoms.